The van der Waals surface area contributed by atoms with E-state index in [4.69, 9.17) is 10.3 Å². The summed E-state index contributed by atoms with van der Waals surface area (Å²) >= 11 is 3.12. The normalized spacial score (nSPS) is 13.8. The second-order valence-electron chi connectivity index (χ2n) is 4.16. The van der Waals surface area contributed by atoms with Gasteiger partial charge in [-0.05, 0) is 24.7 Å². The number of fused-ring (bicyclic) bond motifs is 3. The Morgan fingerprint density at radius 2 is 2.39 bits per heavy atom. The largest absolute Gasteiger partial charge is 0.365 e. The molecule has 18 heavy (non-hydrogen) atoms. The molecule has 1 amide bonds. The molecule has 0 radical (unpaired) electrons. The average Bonchev–Trinajstić information content (AvgIpc) is 2.90. The minimum Gasteiger partial charge on any atom is -0.365 e. The Morgan fingerprint density at radius 3 is 3.11 bits per heavy atom. The third-order valence-corrected chi connectivity index (χ3v) is 5.50. The maximum atomic E-state index is 11.5. The smallest absolute Gasteiger partial charge is 0.259 e. The molecular formula is C12H12N2O2S2. The van der Waals surface area contributed by atoms with Crippen LogP contribution in [0.25, 0.3) is 11.1 Å². The van der Waals surface area contributed by atoms with E-state index in [0.29, 0.717) is 4.88 Å². The zero-order valence-electron chi connectivity index (χ0n) is 9.86. The molecule has 0 aromatic carbocycles. The first-order valence-corrected chi connectivity index (χ1v) is 7.70. The highest BCUT2D eigenvalue weighted by Gasteiger charge is 2.27. The molecule has 4 nitrogen and oxygen atoms in total. The Hall–Kier alpha value is -1.27. The summed E-state index contributed by atoms with van der Waals surface area (Å²) in [6.45, 7) is 0. The molecule has 2 aromatic heterocycles. The summed E-state index contributed by atoms with van der Waals surface area (Å²) in [5.74, 6) is 0.578. The van der Waals surface area contributed by atoms with Gasteiger partial charge < -0.3 is 10.3 Å². The molecule has 2 heterocycles. The van der Waals surface area contributed by atoms with Crippen LogP contribution >= 0.6 is 23.1 Å². The zero-order valence-corrected chi connectivity index (χ0v) is 11.5. The number of nitrogens with two attached hydrogens (primary N) is 1. The summed E-state index contributed by atoms with van der Waals surface area (Å²) in [5, 5.41) is 3.88. The van der Waals surface area contributed by atoms with E-state index in [9.17, 15) is 4.79 Å². The number of carbonyl (C=O) groups excluding carboxylic acids is 1. The van der Waals surface area contributed by atoms with Crippen molar-refractivity contribution in [3.8, 4) is 11.1 Å². The van der Waals surface area contributed by atoms with Gasteiger partial charge in [-0.1, -0.05) is 5.16 Å². The first-order chi connectivity index (χ1) is 8.72. The van der Waals surface area contributed by atoms with E-state index in [0.717, 1.165) is 45.9 Å². The molecule has 2 N–H and O–H groups in total. The molecule has 6 heteroatoms. The lowest BCUT2D eigenvalue weighted by Gasteiger charge is -2.01. The lowest BCUT2D eigenvalue weighted by molar-refractivity contribution is 0.100. The van der Waals surface area contributed by atoms with Gasteiger partial charge in [0.25, 0.3) is 5.91 Å². The number of rotatable bonds is 2. The van der Waals surface area contributed by atoms with Gasteiger partial charge >= 0.3 is 0 Å². The monoisotopic (exact) mass is 280 g/mol. The van der Waals surface area contributed by atoms with E-state index in [2.05, 4.69) is 5.16 Å². The molecule has 0 unspecified atom stereocenters. The van der Waals surface area contributed by atoms with Crippen molar-refractivity contribution < 1.29 is 9.32 Å². The van der Waals surface area contributed by atoms with Crippen molar-refractivity contribution in [2.24, 2.45) is 5.73 Å². The quantitative estimate of drug-likeness (QED) is 0.859. The Morgan fingerprint density at radius 1 is 1.56 bits per heavy atom. The molecule has 0 bridgehead atoms. The molecule has 0 atom stereocenters. The summed E-state index contributed by atoms with van der Waals surface area (Å²) in [7, 11) is 0. The second kappa shape index (κ2) is 4.44. The van der Waals surface area contributed by atoms with Gasteiger partial charge in [0, 0.05) is 17.5 Å². The number of aromatic nitrogens is 1. The fourth-order valence-corrected chi connectivity index (χ4v) is 4.34. The molecule has 0 spiro atoms. The number of nitrogens with zero attached hydrogens (tertiary/aromatic N) is 1. The van der Waals surface area contributed by atoms with E-state index in [-0.39, 0.29) is 5.91 Å². The Labute approximate surface area is 113 Å². The van der Waals surface area contributed by atoms with Crippen molar-refractivity contribution in [2.75, 3.05) is 6.26 Å². The molecular weight excluding hydrogens is 268 g/mol. The summed E-state index contributed by atoms with van der Waals surface area (Å²) in [6, 6.07) is 0. The van der Waals surface area contributed by atoms with Crippen LogP contribution in [0.5, 0.6) is 0 Å². The van der Waals surface area contributed by atoms with Crippen molar-refractivity contribution in [1.29, 1.82) is 0 Å². The average molecular weight is 280 g/mol. The minimum atomic E-state index is -0.337. The molecule has 0 saturated carbocycles. The first kappa shape index (κ1) is 11.8. The molecule has 1 aliphatic carbocycles. The number of amides is 1. The van der Waals surface area contributed by atoms with Crippen molar-refractivity contribution in [3.63, 3.8) is 0 Å². The van der Waals surface area contributed by atoms with E-state index in [1.165, 1.54) is 11.3 Å². The predicted octanol–water partition coefficient (Wildman–Crippen LogP) is 2.71. The van der Waals surface area contributed by atoms with Gasteiger partial charge in [0.15, 0.2) is 0 Å². The minimum absolute atomic E-state index is 0.337. The van der Waals surface area contributed by atoms with Crippen LogP contribution in [0.15, 0.2) is 14.9 Å². The van der Waals surface area contributed by atoms with Crippen LogP contribution in [0.1, 0.15) is 27.4 Å². The van der Waals surface area contributed by atoms with Crippen LogP contribution in [0.2, 0.25) is 0 Å². The van der Waals surface area contributed by atoms with Crippen LogP contribution in [0.3, 0.4) is 0 Å². The fraction of sp³-hybridized carbons (Fsp3) is 0.333. The fourth-order valence-electron chi connectivity index (χ4n) is 2.37. The lowest BCUT2D eigenvalue weighted by Crippen LogP contribution is -2.11. The van der Waals surface area contributed by atoms with Gasteiger partial charge in [-0.3, -0.25) is 4.79 Å². The third-order valence-electron chi connectivity index (χ3n) is 3.13. The maximum Gasteiger partial charge on any atom is 0.259 e. The Balaban J connectivity index is 2.30. The van der Waals surface area contributed by atoms with Crippen LogP contribution in [0, 0.1) is 0 Å². The van der Waals surface area contributed by atoms with Gasteiger partial charge in [-0.15, -0.1) is 23.1 Å². The van der Waals surface area contributed by atoms with Gasteiger partial charge in [0.1, 0.15) is 5.76 Å². The van der Waals surface area contributed by atoms with Gasteiger partial charge in [-0.25, -0.2) is 0 Å². The van der Waals surface area contributed by atoms with Crippen molar-refractivity contribution >= 4 is 29.0 Å². The SMILES string of the molecule is CSc1sc(C(N)=O)c2c1-c1cnoc1CCC2. The third kappa shape index (κ3) is 1.67. The van der Waals surface area contributed by atoms with Crippen LogP contribution in [-0.2, 0) is 12.8 Å². The van der Waals surface area contributed by atoms with E-state index in [1.54, 1.807) is 18.0 Å². The van der Waals surface area contributed by atoms with Crippen molar-refractivity contribution in [1.82, 2.24) is 5.16 Å². The Bertz CT molecular complexity index is 616. The second-order valence-corrected chi connectivity index (χ2v) is 6.25. The predicted molar refractivity (Wildman–Crippen MR) is 72.1 cm³/mol. The van der Waals surface area contributed by atoms with Gasteiger partial charge in [-0.2, -0.15) is 0 Å². The summed E-state index contributed by atoms with van der Waals surface area (Å²) in [5.41, 5.74) is 8.67. The number of hydrogen-bond acceptors (Lipinski definition) is 5. The standard InChI is InChI=1S/C12H12N2O2S2/c1-17-12-9-6(10(18-12)11(13)15)3-2-4-8-7(9)5-14-16-8/h5H,2-4H2,1H3,(H2,13,15). The molecule has 0 aliphatic heterocycles. The number of primary amides is 1. The summed E-state index contributed by atoms with van der Waals surface area (Å²) < 4.78 is 6.41. The molecule has 3 rings (SSSR count). The number of thioether (sulfide) groups is 1. The number of carbonyl (C=O) groups is 1. The highest BCUT2D eigenvalue weighted by molar-refractivity contribution is 8.00. The van der Waals surface area contributed by atoms with Crippen molar-refractivity contribution in [3.05, 3.63) is 22.4 Å². The molecule has 1 aliphatic rings. The number of aryl methyl sites for hydroxylation is 1. The van der Waals surface area contributed by atoms with E-state index >= 15 is 0 Å². The molecule has 2 aromatic rings. The van der Waals surface area contributed by atoms with Crippen LogP contribution < -0.4 is 5.73 Å². The van der Waals surface area contributed by atoms with Gasteiger partial charge in [0.05, 0.1) is 15.3 Å². The number of hydrogen-bond donors (Lipinski definition) is 1. The molecule has 0 fully saturated rings. The summed E-state index contributed by atoms with van der Waals surface area (Å²) in [4.78, 5) is 12.2. The molecule has 0 saturated heterocycles. The zero-order chi connectivity index (χ0) is 12.7. The van der Waals surface area contributed by atoms with E-state index < -0.39 is 0 Å². The lowest BCUT2D eigenvalue weighted by atomic mass is 10.0. The highest BCUT2D eigenvalue weighted by atomic mass is 32.2. The Kier molecular flexibility index (Phi) is 2.91. The maximum absolute atomic E-state index is 11.5. The van der Waals surface area contributed by atoms with E-state index in [1.807, 2.05) is 6.26 Å². The van der Waals surface area contributed by atoms with Crippen LogP contribution in [-0.4, -0.2) is 17.3 Å². The molecule has 94 valence electrons. The number of thiophene rings is 1. The van der Waals surface area contributed by atoms with Crippen molar-refractivity contribution in [2.45, 2.75) is 23.5 Å². The first-order valence-electron chi connectivity index (χ1n) is 5.65. The van der Waals surface area contributed by atoms with Crippen LogP contribution in [0.4, 0.5) is 0 Å². The topological polar surface area (TPSA) is 69.1 Å². The highest BCUT2D eigenvalue weighted by Crippen LogP contribution is 2.45. The van der Waals surface area contributed by atoms with Gasteiger partial charge in [0.2, 0.25) is 0 Å². The summed E-state index contributed by atoms with van der Waals surface area (Å²) in [6.07, 6.45) is 6.45.